The van der Waals surface area contributed by atoms with Crippen LogP contribution in [0.3, 0.4) is 0 Å². The zero-order chi connectivity index (χ0) is 12.7. The van der Waals surface area contributed by atoms with Crippen LogP contribution in [0.25, 0.3) is 0 Å². The summed E-state index contributed by atoms with van der Waals surface area (Å²) >= 11 is 0. The average molecular weight is 239 g/mol. The van der Waals surface area contributed by atoms with Crippen molar-refractivity contribution in [2.24, 2.45) is 0 Å². The summed E-state index contributed by atoms with van der Waals surface area (Å²) in [5, 5.41) is 3.53. The van der Waals surface area contributed by atoms with Crippen LogP contribution in [0.15, 0.2) is 22.8 Å². The van der Waals surface area contributed by atoms with Crippen molar-refractivity contribution in [1.82, 2.24) is 5.32 Å². The van der Waals surface area contributed by atoms with Crippen LogP contribution in [-0.4, -0.2) is 18.8 Å². The third kappa shape index (κ3) is 3.58. The van der Waals surface area contributed by atoms with Crippen molar-refractivity contribution in [1.29, 1.82) is 0 Å². The third-order valence-electron chi connectivity index (χ3n) is 3.21. The zero-order valence-electron chi connectivity index (χ0n) is 11.5. The number of furan rings is 1. The first-order valence-corrected chi connectivity index (χ1v) is 6.58. The molecule has 98 valence electrons. The maximum absolute atomic E-state index is 5.94. The fraction of sp³-hybridized carbons (Fsp3) is 0.714. The van der Waals surface area contributed by atoms with Crippen molar-refractivity contribution < 1.29 is 9.15 Å². The van der Waals surface area contributed by atoms with Gasteiger partial charge in [-0.05, 0) is 45.4 Å². The van der Waals surface area contributed by atoms with Gasteiger partial charge < -0.3 is 14.5 Å². The smallest absolute Gasteiger partial charge is 0.123 e. The van der Waals surface area contributed by atoms with Gasteiger partial charge in [0, 0.05) is 6.61 Å². The molecule has 1 N–H and O–H groups in total. The standard InChI is InChI=1S/C14H25NO2/c1-5-10-15-13(12-9-8-11-16-12)14(4,6-2)17-7-3/h8-9,11,13,15H,5-7,10H2,1-4H3. The highest BCUT2D eigenvalue weighted by Gasteiger charge is 2.35. The number of hydrogen-bond acceptors (Lipinski definition) is 3. The lowest BCUT2D eigenvalue weighted by Crippen LogP contribution is -2.43. The fourth-order valence-electron chi connectivity index (χ4n) is 2.08. The largest absolute Gasteiger partial charge is 0.468 e. The van der Waals surface area contributed by atoms with Crippen LogP contribution in [-0.2, 0) is 4.74 Å². The maximum Gasteiger partial charge on any atom is 0.123 e. The van der Waals surface area contributed by atoms with Crippen LogP contribution in [0.2, 0.25) is 0 Å². The molecule has 2 atom stereocenters. The van der Waals surface area contributed by atoms with E-state index < -0.39 is 0 Å². The van der Waals surface area contributed by atoms with Gasteiger partial charge in [-0.3, -0.25) is 0 Å². The number of hydrogen-bond donors (Lipinski definition) is 1. The molecular formula is C14H25NO2. The van der Waals surface area contributed by atoms with E-state index in [4.69, 9.17) is 9.15 Å². The Bertz CT molecular complexity index is 297. The van der Waals surface area contributed by atoms with Gasteiger partial charge in [0.15, 0.2) is 0 Å². The van der Waals surface area contributed by atoms with Gasteiger partial charge in [-0.2, -0.15) is 0 Å². The first-order chi connectivity index (χ1) is 8.18. The molecule has 0 aromatic carbocycles. The molecule has 2 unspecified atom stereocenters. The summed E-state index contributed by atoms with van der Waals surface area (Å²) in [6, 6.07) is 4.06. The number of rotatable bonds is 8. The van der Waals surface area contributed by atoms with Crippen molar-refractivity contribution in [3.63, 3.8) is 0 Å². The molecule has 0 aliphatic carbocycles. The van der Waals surface area contributed by atoms with Crippen molar-refractivity contribution in [2.45, 2.75) is 52.2 Å². The lowest BCUT2D eigenvalue weighted by atomic mass is 9.91. The third-order valence-corrected chi connectivity index (χ3v) is 3.21. The monoisotopic (exact) mass is 239 g/mol. The van der Waals surface area contributed by atoms with Gasteiger partial charge in [-0.15, -0.1) is 0 Å². The molecule has 0 aliphatic rings. The van der Waals surface area contributed by atoms with Gasteiger partial charge in [0.05, 0.1) is 17.9 Å². The van der Waals surface area contributed by atoms with Crippen LogP contribution in [0.4, 0.5) is 0 Å². The quantitative estimate of drug-likeness (QED) is 0.753. The van der Waals surface area contributed by atoms with E-state index in [0.29, 0.717) is 0 Å². The molecule has 3 heteroatoms. The lowest BCUT2D eigenvalue weighted by Gasteiger charge is -2.36. The Kier molecular flexibility index (Phi) is 5.72. The summed E-state index contributed by atoms with van der Waals surface area (Å²) in [7, 11) is 0. The Hall–Kier alpha value is -0.800. The second-order valence-electron chi connectivity index (χ2n) is 4.50. The fourth-order valence-corrected chi connectivity index (χ4v) is 2.08. The highest BCUT2D eigenvalue weighted by atomic mass is 16.5. The van der Waals surface area contributed by atoms with Crippen molar-refractivity contribution in [3.8, 4) is 0 Å². The molecule has 1 aromatic rings. The van der Waals surface area contributed by atoms with Gasteiger partial charge in [0.1, 0.15) is 5.76 Å². The Labute approximate surface area is 105 Å². The summed E-state index contributed by atoms with van der Waals surface area (Å²) in [5.41, 5.74) is -0.220. The van der Waals surface area contributed by atoms with Gasteiger partial charge in [-0.25, -0.2) is 0 Å². The van der Waals surface area contributed by atoms with E-state index in [1.54, 1.807) is 6.26 Å². The second-order valence-corrected chi connectivity index (χ2v) is 4.50. The highest BCUT2D eigenvalue weighted by molar-refractivity contribution is 5.10. The Morgan fingerprint density at radius 2 is 2.18 bits per heavy atom. The van der Waals surface area contributed by atoms with Crippen molar-refractivity contribution >= 4 is 0 Å². The molecule has 0 saturated carbocycles. The molecule has 1 heterocycles. The van der Waals surface area contributed by atoms with Crippen LogP contribution < -0.4 is 5.32 Å². The molecule has 0 spiro atoms. The average Bonchev–Trinajstić information content (AvgIpc) is 2.83. The molecule has 0 fully saturated rings. The topological polar surface area (TPSA) is 34.4 Å². The number of ether oxygens (including phenoxy) is 1. The van der Waals surface area contributed by atoms with Gasteiger partial charge in [0.2, 0.25) is 0 Å². The van der Waals surface area contributed by atoms with Gasteiger partial charge in [-0.1, -0.05) is 13.8 Å². The SMILES string of the molecule is CCCNC(c1ccco1)C(C)(CC)OCC. The first-order valence-electron chi connectivity index (χ1n) is 6.58. The molecule has 1 rings (SSSR count). The Balaban J connectivity index is 2.87. The van der Waals surface area contributed by atoms with E-state index in [9.17, 15) is 0 Å². The van der Waals surface area contributed by atoms with E-state index in [1.165, 1.54) is 0 Å². The minimum atomic E-state index is -0.220. The van der Waals surface area contributed by atoms with E-state index >= 15 is 0 Å². The lowest BCUT2D eigenvalue weighted by molar-refractivity contribution is -0.0608. The molecule has 0 radical (unpaired) electrons. The van der Waals surface area contributed by atoms with E-state index in [-0.39, 0.29) is 11.6 Å². The normalized spacial score (nSPS) is 16.7. The molecule has 1 aromatic heterocycles. The summed E-state index contributed by atoms with van der Waals surface area (Å²) < 4.78 is 11.5. The van der Waals surface area contributed by atoms with E-state index in [0.717, 1.165) is 31.8 Å². The van der Waals surface area contributed by atoms with Crippen LogP contribution in [0, 0.1) is 0 Å². The van der Waals surface area contributed by atoms with E-state index in [1.807, 2.05) is 19.1 Å². The predicted octanol–water partition coefficient (Wildman–Crippen LogP) is 3.53. The van der Waals surface area contributed by atoms with Gasteiger partial charge in [0.25, 0.3) is 0 Å². The minimum absolute atomic E-state index is 0.113. The van der Waals surface area contributed by atoms with Crippen molar-refractivity contribution in [3.05, 3.63) is 24.2 Å². The highest BCUT2D eigenvalue weighted by Crippen LogP contribution is 2.32. The number of nitrogens with one attached hydrogen (secondary N) is 1. The molecule has 3 nitrogen and oxygen atoms in total. The van der Waals surface area contributed by atoms with E-state index in [2.05, 4.69) is 26.1 Å². The molecular weight excluding hydrogens is 214 g/mol. The van der Waals surface area contributed by atoms with Crippen molar-refractivity contribution in [2.75, 3.05) is 13.2 Å². The molecule has 0 saturated heterocycles. The molecule has 17 heavy (non-hydrogen) atoms. The Morgan fingerprint density at radius 3 is 2.65 bits per heavy atom. The zero-order valence-corrected chi connectivity index (χ0v) is 11.5. The molecule has 0 amide bonds. The minimum Gasteiger partial charge on any atom is -0.468 e. The summed E-state index contributed by atoms with van der Waals surface area (Å²) in [6.45, 7) is 10.2. The van der Waals surface area contributed by atoms with Crippen LogP contribution >= 0.6 is 0 Å². The summed E-state index contributed by atoms with van der Waals surface area (Å²) in [5.74, 6) is 0.955. The van der Waals surface area contributed by atoms with Gasteiger partial charge >= 0.3 is 0 Å². The van der Waals surface area contributed by atoms with Crippen LogP contribution in [0.1, 0.15) is 52.3 Å². The maximum atomic E-state index is 5.94. The molecule has 0 bridgehead atoms. The Morgan fingerprint density at radius 1 is 1.41 bits per heavy atom. The summed E-state index contributed by atoms with van der Waals surface area (Å²) in [4.78, 5) is 0. The summed E-state index contributed by atoms with van der Waals surface area (Å²) in [6.07, 6.45) is 3.77. The second kappa shape index (κ2) is 6.82. The molecule has 0 aliphatic heterocycles. The first kappa shape index (κ1) is 14.3. The van der Waals surface area contributed by atoms with Crippen LogP contribution in [0.5, 0.6) is 0 Å². The predicted molar refractivity (Wildman–Crippen MR) is 70.1 cm³/mol.